The van der Waals surface area contributed by atoms with Crippen LogP contribution in [0, 0.1) is 12.8 Å². The van der Waals surface area contributed by atoms with Crippen LogP contribution < -0.4 is 15.6 Å². The maximum absolute atomic E-state index is 11.8. The summed E-state index contributed by atoms with van der Waals surface area (Å²) in [7, 11) is 0. The van der Waals surface area contributed by atoms with E-state index in [9.17, 15) is 9.59 Å². The van der Waals surface area contributed by atoms with E-state index in [1.165, 1.54) is 0 Å². The molecule has 1 saturated heterocycles. The molecule has 2 amide bonds. The number of carbonyl (C=O) groups excluding carboxylic acids is 2. The molecule has 0 aliphatic carbocycles. The van der Waals surface area contributed by atoms with E-state index in [0.717, 1.165) is 5.56 Å². The summed E-state index contributed by atoms with van der Waals surface area (Å²) in [5, 5.41) is 0. The van der Waals surface area contributed by atoms with E-state index in [1.54, 1.807) is 12.1 Å². The number of hydrogen-bond acceptors (Lipinski definition) is 4. The normalized spacial score (nSPS) is 15.3. The lowest BCUT2D eigenvalue weighted by atomic mass is 10.00. The van der Waals surface area contributed by atoms with Crippen LogP contribution in [-0.4, -0.2) is 31.6 Å². The maximum atomic E-state index is 11.8. The van der Waals surface area contributed by atoms with Crippen LogP contribution in [0.5, 0.6) is 5.75 Å². The average molecular weight is 292 g/mol. The predicted molar refractivity (Wildman–Crippen MR) is 76.5 cm³/mol. The van der Waals surface area contributed by atoms with E-state index in [2.05, 4.69) is 10.9 Å². The highest BCUT2D eigenvalue weighted by Gasteiger charge is 2.21. The monoisotopic (exact) mass is 292 g/mol. The maximum Gasteiger partial charge on any atom is 0.276 e. The van der Waals surface area contributed by atoms with Gasteiger partial charge in [-0.2, -0.15) is 0 Å². The SMILES string of the molecule is Cc1ccc(OCC(=O)NNC(=O)C2CCOCC2)cc1. The molecule has 1 aromatic carbocycles. The first-order valence-electron chi connectivity index (χ1n) is 7.01. The Labute approximate surface area is 123 Å². The van der Waals surface area contributed by atoms with Crippen molar-refractivity contribution in [2.75, 3.05) is 19.8 Å². The summed E-state index contributed by atoms with van der Waals surface area (Å²) in [6.45, 7) is 3.00. The Morgan fingerprint density at radius 1 is 1.19 bits per heavy atom. The first kappa shape index (κ1) is 15.3. The summed E-state index contributed by atoms with van der Waals surface area (Å²) in [6, 6.07) is 7.40. The molecule has 1 heterocycles. The second kappa shape index (κ2) is 7.64. The molecule has 2 N–H and O–H groups in total. The van der Waals surface area contributed by atoms with Gasteiger partial charge in [0.15, 0.2) is 6.61 Å². The fourth-order valence-corrected chi connectivity index (χ4v) is 2.01. The Hall–Kier alpha value is -2.08. The first-order chi connectivity index (χ1) is 10.1. The van der Waals surface area contributed by atoms with Crippen LogP contribution in [0.15, 0.2) is 24.3 Å². The van der Waals surface area contributed by atoms with Gasteiger partial charge in [0.25, 0.3) is 5.91 Å². The average Bonchev–Trinajstić information content (AvgIpc) is 2.53. The number of hydrazine groups is 1. The third kappa shape index (κ3) is 5.07. The van der Waals surface area contributed by atoms with Crippen LogP contribution in [0.4, 0.5) is 0 Å². The molecule has 0 atom stereocenters. The molecule has 0 unspecified atom stereocenters. The second-order valence-electron chi connectivity index (χ2n) is 5.03. The zero-order valence-corrected chi connectivity index (χ0v) is 12.1. The van der Waals surface area contributed by atoms with E-state index in [0.29, 0.717) is 31.8 Å². The highest BCUT2D eigenvalue weighted by molar-refractivity contribution is 5.84. The molecule has 1 aromatic rings. The minimum atomic E-state index is -0.393. The van der Waals surface area contributed by atoms with Crippen molar-refractivity contribution in [1.29, 1.82) is 0 Å². The molecule has 6 heteroatoms. The molecule has 6 nitrogen and oxygen atoms in total. The third-order valence-electron chi connectivity index (χ3n) is 3.31. The highest BCUT2D eigenvalue weighted by Crippen LogP contribution is 2.14. The van der Waals surface area contributed by atoms with E-state index < -0.39 is 5.91 Å². The van der Waals surface area contributed by atoms with Crippen molar-refractivity contribution >= 4 is 11.8 Å². The largest absolute Gasteiger partial charge is 0.484 e. The number of rotatable bonds is 4. The van der Waals surface area contributed by atoms with Gasteiger partial charge in [0.1, 0.15) is 5.75 Å². The van der Waals surface area contributed by atoms with Crippen molar-refractivity contribution in [2.24, 2.45) is 5.92 Å². The predicted octanol–water partition coefficient (Wildman–Crippen LogP) is 0.948. The van der Waals surface area contributed by atoms with Crippen LogP contribution in [0.25, 0.3) is 0 Å². The number of amides is 2. The fourth-order valence-electron chi connectivity index (χ4n) is 2.01. The standard InChI is InChI=1S/C15H20N2O4/c1-11-2-4-13(5-3-11)21-10-14(18)16-17-15(19)12-6-8-20-9-7-12/h2-5,12H,6-10H2,1H3,(H,16,18)(H,17,19). The molecule has 21 heavy (non-hydrogen) atoms. The molecular formula is C15H20N2O4. The number of hydrogen-bond donors (Lipinski definition) is 2. The lowest BCUT2D eigenvalue weighted by Crippen LogP contribution is -2.47. The Bertz CT molecular complexity index is 481. The van der Waals surface area contributed by atoms with Crippen LogP contribution in [0.2, 0.25) is 0 Å². The minimum absolute atomic E-state index is 0.0999. The van der Waals surface area contributed by atoms with Crippen molar-refractivity contribution < 1.29 is 19.1 Å². The number of nitrogens with one attached hydrogen (secondary N) is 2. The zero-order chi connectivity index (χ0) is 15.1. The van der Waals surface area contributed by atoms with Gasteiger partial charge in [-0.1, -0.05) is 17.7 Å². The molecule has 0 radical (unpaired) electrons. The van der Waals surface area contributed by atoms with Gasteiger partial charge >= 0.3 is 0 Å². The topological polar surface area (TPSA) is 76.7 Å². The fraction of sp³-hybridized carbons (Fsp3) is 0.467. The van der Waals surface area contributed by atoms with Crippen molar-refractivity contribution in [2.45, 2.75) is 19.8 Å². The number of carbonyl (C=O) groups is 2. The van der Waals surface area contributed by atoms with Gasteiger partial charge in [0.05, 0.1) is 0 Å². The quantitative estimate of drug-likeness (QED) is 0.810. The van der Waals surface area contributed by atoms with Gasteiger partial charge in [-0.3, -0.25) is 20.4 Å². The number of aryl methyl sites for hydroxylation is 1. The van der Waals surface area contributed by atoms with E-state index in [-0.39, 0.29) is 18.4 Å². The number of ether oxygens (including phenoxy) is 2. The summed E-state index contributed by atoms with van der Waals surface area (Å²) in [5.41, 5.74) is 5.90. The Morgan fingerprint density at radius 2 is 1.86 bits per heavy atom. The van der Waals surface area contributed by atoms with Gasteiger partial charge in [-0.25, -0.2) is 0 Å². The summed E-state index contributed by atoms with van der Waals surface area (Å²) < 4.78 is 10.5. The van der Waals surface area contributed by atoms with Crippen LogP contribution in [-0.2, 0) is 14.3 Å². The van der Waals surface area contributed by atoms with Gasteiger partial charge in [0.2, 0.25) is 5.91 Å². The van der Waals surface area contributed by atoms with Gasteiger partial charge in [-0.15, -0.1) is 0 Å². The van der Waals surface area contributed by atoms with Crippen LogP contribution >= 0.6 is 0 Å². The Morgan fingerprint density at radius 3 is 2.52 bits per heavy atom. The van der Waals surface area contributed by atoms with E-state index >= 15 is 0 Å². The lowest BCUT2D eigenvalue weighted by Gasteiger charge is -2.21. The Kier molecular flexibility index (Phi) is 5.57. The molecule has 114 valence electrons. The number of benzene rings is 1. The molecule has 0 bridgehead atoms. The lowest BCUT2D eigenvalue weighted by molar-refractivity contribution is -0.133. The molecule has 0 aromatic heterocycles. The van der Waals surface area contributed by atoms with Crippen molar-refractivity contribution in [1.82, 2.24) is 10.9 Å². The zero-order valence-electron chi connectivity index (χ0n) is 12.1. The second-order valence-corrected chi connectivity index (χ2v) is 5.03. The van der Waals surface area contributed by atoms with Crippen LogP contribution in [0.1, 0.15) is 18.4 Å². The third-order valence-corrected chi connectivity index (χ3v) is 3.31. The van der Waals surface area contributed by atoms with Crippen LogP contribution in [0.3, 0.4) is 0 Å². The van der Waals surface area contributed by atoms with Crippen molar-refractivity contribution in [3.05, 3.63) is 29.8 Å². The molecule has 0 spiro atoms. The molecule has 2 rings (SSSR count). The summed E-state index contributed by atoms with van der Waals surface area (Å²) >= 11 is 0. The molecule has 1 fully saturated rings. The summed E-state index contributed by atoms with van der Waals surface area (Å²) in [4.78, 5) is 23.4. The molecule has 1 aliphatic rings. The molecule has 1 aliphatic heterocycles. The Balaban J connectivity index is 1.67. The van der Waals surface area contributed by atoms with E-state index in [1.807, 2.05) is 19.1 Å². The first-order valence-corrected chi connectivity index (χ1v) is 7.01. The van der Waals surface area contributed by atoms with Gasteiger partial charge in [0, 0.05) is 19.1 Å². The van der Waals surface area contributed by atoms with Gasteiger partial charge in [-0.05, 0) is 31.9 Å². The molecule has 0 saturated carbocycles. The highest BCUT2D eigenvalue weighted by atomic mass is 16.5. The smallest absolute Gasteiger partial charge is 0.276 e. The van der Waals surface area contributed by atoms with Gasteiger partial charge < -0.3 is 9.47 Å². The van der Waals surface area contributed by atoms with Crippen molar-refractivity contribution in [3.63, 3.8) is 0 Å². The van der Waals surface area contributed by atoms with Crippen molar-refractivity contribution in [3.8, 4) is 5.75 Å². The minimum Gasteiger partial charge on any atom is -0.484 e. The summed E-state index contributed by atoms with van der Waals surface area (Å²) in [6.07, 6.45) is 1.36. The summed E-state index contributed by atoms with van der Waals surface area (Å²) in [5.74, 6) is -0.0541. The molecular weight excluding hydrogens is 272 g/mol. The van der Waals surface area contributed by atoms with E-state index in [4.69, 9.17) is 9.47 Å².